The molecule has 0 fully saturated rings. The summed E-state index contributed by atoms with van der Waals surface area (Å²) >= 11 is 0. The van der Waals surface area contributed by atoms with Gasteiger partial charge in [0.05, 0.1) is 13.7 Å². The highest BCUT2D eigenvalue weighted by Crippen LogP contribution is 2.31. The first-order valence-corrected chi connectivity index (χ1v) is 11.7. The van der Waals surface area contributed by atoms with E-state index in [0.717, 1.165) is 27.7 Å². The molecule has 8 nitrogen and oxygen atoms in total. The molecule has 0 aliphatic carbocycles. The summed E-state index contributed by atoms with van der Waals surface area (Å²) < 4.78 is 10.6. The average Bonchev–Trinajstić information content (AvgIpc) is 3.19. The largest absolute Gasteiger partial charge is 0.467 e. The number of ether oxygens (including phenoxy) is 2. The third-order valence-electron chi connectivity index (χ3n) is 6.02. The number of aromatic nitrogens is 1. The summed E-state index contributed by atoms with van der Waals surface area (Å²) in [6.45, 7) is 5.54. The number of hydrogen-bond acceptors (Lipinski definition) is 5. The summed E-state index contributed by atoms with van der Waals surface area (Å²) in [5.41, 5.74) is 2.96. The van der Waals surface area contributed by atoms with Crippen LogP contribution in [-0.2, 0) is 38.4 Å². The van der Waals surface area contributed by atoms with E-state index >= 15 is 0 Å². The number of hydrogen-bond donors (Lipinski definition) is 2. The second kappa shape index (κ2) is 9.82. The number of carbonyl (C=O) groups is 3. The first-order chi connectivity index (χ1) is 16.7. The van der Waals surface area contributed by atoms with Gasteiger partial charge in [-0.1, -0.05) is 48.5 Å². The maximum atomic E-state index is 13.6. The van der Waals surface area contributed by atoms with Crippen LogP contribution in [0.4, 0.5) is 4.79 Å². The maximum absolute atomic E-state index is 13.6. The molecule has 2 atom stereocenters. The predicted octanol–water partition coefficient (Wildman–Crippen LogP) is 3.73. The minimum atomic E-state index is -0.889. The molecule has 0 spiro atoms. The van der Waals surface area contributed by atoms with Crippen molar-refractivity contribution in [3.05, 3.63) is 71.4 Å². The van der Waals surface area contributed by atoms with Crippen LogP contribution in [0.2, 0.25) is 0 Å². The molecular weight excluding hydrogens is 446 g/mol. The van der Waals surface area contributed by atoms with Crippen LogP contribution in [0.25, 0.3) is 10.9 Å². The number of nitrogens with zero attached hydrogens (tertiary/aromatic N) is 1. The van der Waals surface area contributed by atoms with Crippen LogP contribution >= 0.6 is 0 Å². The zero-order chi connectivity index (χ0) is 25.2. The first kappa shape index (κ1) is 24.3. The number of carbonyl (C=O) groups excluding carboxylic acids is 3. The molecule has 184 valence electrons. The van der Waals surface area contributed by atoms with Gasteiger partial charge in [0.2, 0.25) is 5.91 Å². The molecule has 1 aliphatic rings. The van der Waals surface area contributed by atoms with Gasteiger partial charge in [0.1, 0.15) is 17.7 Å². The van der Waals surface area contributed by atoms with Gasteiger partial charge in [-0.2, -0.15) is 0 Å². The van der Waals surface area contributed by atoms with Gasteiger partial charge in [-0.25, -0.2) is 9.59 Å². The molecular formula is C27H31N3O5. The van der Waals surface area contributed by atoms with E-state index in [2.05, 4.69) is 10.3 Å². The first-order valence-electron chi connectivity index (χ1n) is 11.7. The van der Waals surface area contributed by atoms with E-state index in [0.29, 0.717) is 6.42 Å². The second-order valence-electron chi connectivity index (χ2n) is 9.73. The van der Waals surface area contributed by atoms with Gasteiger partial charge in [0.25, 0.3) is 0 Å². The number of H-pyrrole nitrogens is 1. The molecule has 0 bridgehead atoms. The number of esters is 1. The Balaban J connectivity index is 1.64. The van der Waals surface area contributed by atoms with Crippen molar-refractivity contribution in [3.63, 3.8) is 0 Å². The molecule has 4 rings (SSSR count). The number of benzene rings is 2. The molecule has 0 saturated carbocycles. The molecule has 1 aromatic heterocycles. The van der Waals surface area contributed by atoms with Crippen molar-refractivity contribution in [1.29, 1.82) is 0 Å². The number of fused-ring (bicyclic) bond motifs is 3. The Morgan fingerprint density at radius 1 is 1.09 bits per heavy atom. The molecule has 3 aromatic rings. The molecule has 2 amide bonds. The minimum Gasteiger partial charge on any atom is -0.467 e. The van der Waals surface area contributed by atoms with E-state index < -0.39 is 35.7 Å². The molecule has 0 saturated heterocycles. The number of rotatable bonds is 5. The lowest BCUT2D eigenvalue weighted by Crippen LogP contribution is -2.56. The lowest BCUT2D eigenvalue weighted by molar-refractivity contribution is -0.145. The van der Waals surface area contributed by atoms with Crippen LogP contribution in [0.1, 0.15) is 37.6 Å². The Morgan fingerprint density at radius 3 is 2.46 bits per heavy atom. The summed E-state index contributed by atoms with van der Waals surface area (Å²) in [6.07, 6.45) is -0.0138. The van der Waals surface area contributed by atoms with Crippen LogP contribution in [0, 0.1) is 0 Å². The highest BCUT2D eigenvalue weighted by Gasteiger charge is 2.39. The fourth-order valence-corrected chi connectivity index (χ4v) is 4.41. The van der Waals surface area contributed by atoms with E-state index in [-0.39, 0.29) is 13.0 Å². The van der Waals surface area contributed by atoms with Gasteiger partial charge >= 0.3 is 12.1 Å². The van der Waals surface area contributed by atoms with Crippen molar-refractivity contribution in [2.75, 3.05) is 7.11 Å². The number of nitrogens with one attached hydrogen (secondary N) is 2. The molecule has 8 heteroatoms. The normalized spacial score (nSPS) is 16.3. The number of para-hydroxylation sites is 1. The zero-order valence-electron chi connectivity index (χ0n) is 20.5. The van der Waals surface area contributed by atoms with Crippen LogP contribution < -0.4 is 5.32 Å². The van der Waals surface area contributed by atoms with Crippen molar-refractivity contribution in [3.8, 4) is 0 Å². The van der Waals surface area contributed by atoms with E-state index in [1.165, 1.54) is 12.0 Å². The summed E-state index contributed by atoms with van der Waals surface area (Å²) in [4.78, 5) is 44.0. The molecule has 2 N–H and O–H groups in total. The average molecular weight is 478 g/mol. The van der Waals surface area contributed by atoms with E-state index in [4.69, 9.17) is 9.47 Å². The van der Waals surface area contributed by atoms with Gasteiger partial charge in [-0.05, 0) is 38.0 Å². The lowest BCUT2D eigenvalue weighted by atomic mass is 9.95. The third-order valence-corrected chi connectivity index (χ3v) is 6.02. The lowest BCUT2D eigenvalue weighted by Gasteiger charge is -2.36. The van der Waals surface area contributed by atoms with E-state index in [1.807, 2.05) is 54.6 Å². The van der Waals surface area contributed by atoms with Crippen LogP contribution in [0.3, 0.4) is 0 Å². The smallest absolute Gasteiger partial charge is 0.411 e. The number of aromatic amines is 1. The Bertz CT molecular complexity index is 1230. The molecule has 0 radical (unpaired) electrons. The van der Waals surface area contributed by atoms with Gasteiger partial charge in [-0.3, -0.25) is 9.69 Å². The molecule has 35 heavy (non-hydrogen) atoms. The zero-order valence-corrected chi connectivity index (χ0v) is 20.5. The Hall–Kier alpha value is -3.81. The fourth-order valence-electron chi connectivity index (χ4n) is 4.41. The highest BCUT2D eigenvalue weighted by atomic mass is 16.6. The topological polar surface area (TPSA) is 101 Å². The van der Waals surface area contributed by atoms with Gasteiger partial charge in [0.15, 0.2) is 0 Å². The molecule has 2 heterocycles. The van der Waals surface area contributed by atoms with Gasteiger partial charge in [0, 0.05) is 29.4 Å². The summed E-state index contributed by atoms with van der Waals surface area (Å²) in [7, 11) is 1.29. The third kappa shape index (κ3) is 5.48. The monoisotopic (exact) mass is 477 g/mol. The predicted molar refractivity (Wildman–Crippen MR) is 132 cm³/mol. The quantitative estimate of drug-likeness (QED) is 0.546. The van der Waals surface area contributed by atoms with Crippen LogP contribution in [0.5, 0.6) is 0 Å². The van der Waals surface area contributed by atoms with E-state index in [9.17, 15) is 14.4 Å². The Morgan fingerprint density at radius 2 is 1.77 bits per heavy atom. The van der Waals surface area contributed by atoms with Crippen molar-refractivity contribution >= 4 is 28.9 Å². The molecule has 1 aliphatic heterocycles. The SMILES string of the molecule is COC(=O)[C@H](Cc1ccccc1)NC(=O)[C@@H]1Cc2c([nH]c3ccccc23)CN1C(=O)OC(C)(C)C. The van der Waals surface area contributed by atoms with Crippen LogP contribution in [-0.4, -0.2) is 52.6 Å². The fraction of sp³-hybridized carbons (Fsp3) is 0.370. The summed E-state index contributed by atoms with van der Waals surface area (Å²) in [6, 6.07) is 15.5. The molecule has 0 unspecified atom stereocenters. The summed E-state index contributed by atoms with van der Waals surface area (Å²) in [5.74, 6) is -0.979. The maximum Gasteiger partial charge on any atom is 0.411 e. The minimum absolute atomic E-state index is 0.193. The van der Waals surface area contributed by atoms with Crippen molar-refractivity contribution in [2.45, 2.75) is 57.8 Å². The van der Waals surface area contributed by atoms with Crippen LogP contribution in [0.15, 0.2) is 54.6 Å². The number of methoxy groups -OCH3 is 1. The summed E-state index contributed by atoms with van der Waals surface area (Å²) in [5, 5.41) is 3.84. The standard InChI is InChI=1S/C27H31N3O5/c1-27(2,3)35-26(33)30-16-22-19(18-12-8-9-13-20(18)28-22)15-23(30)24(31)29-21(25(32)34-4)14-17-10-6-5-7-11-17/h5-13,21,23,28H,14-16H2,1-4H3,(H,29,31)/t21-,23-/m0/s1. The van der Waals surface area contributed by atoms with E-state index in [1.54, 1.807) is 20.8 Å². The Kier molecular flexibility index (Phi) is 6.82. The van der Waals surface area contributed by atoms with Crippen molar-refractivity contribution < 1.29 is 23.9 Å². The van der Waals surface area contributed by atoms with Gasteiger partial charge < -0.3 is 19.8 Å². The molecule has 2 aromatic carbocycles. The van der Waals surface area contributed by atoms with Gasteiger partial charge in [-0.15, -0.1) is 0 Å². The second-order valence-corrected chi connectivity index (χ2v) is 9.73. The Labute approximate surface area is 204 Å². The van der Waals surface area contributed by atoms with Crippen molar-refractivity contribution in [1.82, 2.24) is 15.2 Å². The number of amides is 2. The van der Waals surface area contributed by atoms with Crippen molar-refractivity contribution in [2.24, 2.45) is 0 Å². The highest BCUT2D eigenvalue weighted by molar-refractivity contribution is 5.92.